The van der Waals surface area contributed by atoms with Gasteiger partial charge in [-0.25, -0.2) is 12.8 Å². The monoisotopic (exact) mass is 444 g/mol. The highest BCUT2D eigenvalue weighted by atomic mass is 32.2. The molecule has 1 fully saturated rings. The van der Waals surface area contributed by atoms with Crippen molar-refractivity contribution in [2.75, 3.05) is 26.2 Å². The van der Waals surface area contributed by atoms with E-state index in [1.807, 2.05) is 32.0 Å². The summed E-state index contributed by atoms with van der Waals surface area (Å²) in [7, 11) is -3.55. The second-order valence-corrected chi connectivity index (χ2v) is 10.3. The molecule has 0 amide bonds. The van der Waals surface area contributed by atoms with Crippen LogP contribution in [0.5, 0.6) is 0 Å². The van der Waals surface area contributed by atoms with E-state index in [0.29, 0.717) is 49.5 Å². The van der Waals surface area contributed by atoms with Crippen molar-refractivity contribution in [2.45, 2.75) is 43.7 Å². The lowest BCUT2D eigenvalue weighted by Crippen LogP contribution is -2.64. The average Bonchev–Trinajstić information content (AvgIpc) is 2.76. The Morgan fingerprint density at radius 1 is 1.16 bits per heavy atom. The zero-order chi connectivity index (χ0) is 22.1. The first-order valence-electron chi connectivity index (χ1n) is 10.7. The van der Waals surface area contributed by atoms with E-state index in [9.17, 15) is 12.8 Å². The van der Waals surface area contributed by atoms with Crippen LogP contribution in [0, 0.1) is 19.7 Å². The molecule has 2 aliphatic rings. The minimum Gasteiger partial charge on any atom is -0.368 e. The molecule has 0 atom stereocenters. The van der Waals surface area contributed by atoms with Gasteiger partial charge in [0.05, 0.1) is 17.0 Å². The number of amidine groups is 1. The number of rotatable bonds is 4. The Bertz CT molecular complexity index is 1090. The quantitative estimate of drug-likeness (QED) is 0.761. The van der Waals surface area contributed by atoms with Gasteiger partial charge in [-0.2, -0.15) is 4.31 Å². The van der Waals surface area contributed by atoms with Gasteiger partial charge in [-0.15, -0.1) is 0 Å². The van der Waals surface area contributed by atoms with Gasteiger partial charge in [-0.1, -0.05) is 30.3 Å². The summed E-state index contributed by atoms with van der Waals surface area (Å²) in [5, 5.41) is 6.88. The number of nitrogens with zero attached hydrogens (tertiary/aromatic N) is 2. The molecule has 2 aromatic carbocycles. The molecular formula is C23H29FN4O2S. The van der Waals surface area contributed by atoms with Crippen molar-refractivity contribution in [3.8, 4) is 0 Å². The molecule has 31 heavy (non-hydrogen) atoms. The molecule has 0 radical (unpaired) electrons. The lowest BCUT2D eigenvalue weighted by molar-refractivity contribution is 0.241. The number of piperidine rings is 1. The van der Waals surface area contributed by atoms with Gasteiger partial charge in [0.1, 0.15) is 11.7 Å². The Labute approximate surface area is 183 Å². The van der Waals surface area contributed by atoms with E-state index in [-0.39, 0.29) is 5.82 Å². The van der Waals surface area contributed by atoms with E-state index in [4.69, 9.17) is 0 Å². The van der Waals surface area contributed by atoms with Crippen LogP contribution >= 0.6 is 0 Å². The second kappa shape index (κ2) is 8.68. The van der Waals surface area contributed by atoms with Gasteiger partial charge in [-0.3, -0.25) is 4.99 Å². The molecule has 1 saturated heterocycles. The van der Waals surface area contributed by atoms with Crippen LogP contribution in [0.1, 0.15) is 29.5 Å². The predicted molar refractivity (Wildman–Crippen MR) is 120 cm³/mol. The first-order chi connectivity index (χ1) is 14.8. The number of sulfonamides is 1. The summed E-state index contributed by atoms with van der Waals surface area (Å²) >= 11 is 0. The Kier molecular flexibility index (Phi) is 6.14. The van der Waals surface area contributed by atoms with Crippen LogP contribution in [0.2, 0.25) is 0 Å². The van der Waals surface area contributed by atoms with E-state index < -0.39 is 15.6 Å². The molecule has 6 nitrogen and oxygen atoms in total. The zero-order valence-corrected chi connectivity index (χ0v) is 18.8. The summed E-state index contributed by atoms with van der Waals surface area (Å²) in [5.74, 6) is 0.550. The van der Waals surface area contributed by atoms with Gasteiger partial charge in [0.15, 0.2) is 0 Å². The normalized spacial score (nSPS) is 19.3. The smallest absolute Gasteiger partial charge is 0.243 e. The van der Waals surface area contributed by atoms with E-state index >= 15 is 0 Å². The van der Waals surface area contributed by atoms with Crippen LogP contribution in [0.15, 0.2) is 52.4 Å². The molecule has 2 heterocycles. The van der Waals surface area contributed by atoms with Crippen LogP contribution in [0.25, 0.3) is 0 Å². The first kappa shape index (κ1) is 21.9. The van der Waals surface area contributed by atoms with E-state index in [2.05, 4.69) is 15.6 Å². The molecule has 2 aliphatic heterocycles. The maximum absolute atomic E-state index is 14.0. The third kappa shape index (κ3) is 4.37. The summed E-state index contributed by atoms with van der Waals surface area (Å²) < 4.78 is 42.1. The summed E-state index contributed by atoms with van der Waals surface area (Å²) in [6, 6.07) is 12.2. The molecule has 166 valence electrons. The molecule has 0 aromatic heterocycles. The number of aliphatic imine (C=N–C) groups is 1. The third-order valence-corrected chi connectivity index (χ3v) is 8.28. The van der Waals surface area contributed by atoms with Crippen LogP contribution in [0.4, 0.5) is 4.39 Å². The van der Waals surface area contributed by atoms with Crippen molar-refractivity contribution >= 4 is 15.9 Å². The van der Waals surface area contributed by atoms with Crippen molar-refractivity contribution in [3.05, 3.63) is 65.0 Å². The fourth-order valence-electron chi connectivity index (χ4n) is 4.39. The molecule has 0 aliphatic carbocycles. The fourth-order valence-corrected chi connectivity index (χ4v) is 6.14. The number of hydrogen-bond acceptors (Lipinski definition) is 5. The van der Waals surface area contributed by atoms with Gasteiger partial charge in [0, 0.05) is 31.7 Å². The molecule has 4 rings (SSSR count). The Morgan fingerprint density at radius 2 is 1.90 bits per heavy atom. The van der Waals surface area contributed by atoms with Crippen molar-refractivity contribution < 1.29 is 12.8 Å². The first-order valence-corrected chi connectivity index (χ1v) is 12.1. The maximum Gasteiger partial charge on any atom is 0.243 e. The third-order valence-electron chi connectivity index (χ3n) is 6.24. The van der Waals surface area contributed by atoms with Crippen molar-refractivity contribution in [1.29, 1.82) is 0 Å². The zero-order valence-electron chi connectivity index (χ0n) is 18.0. The molecule has 2 aromatic rings. The molecule has 8 heteroatoms. The molecule has 0 bridgehead atoms. The summed E-state index contributed by atoms with van der Waals surface area (Å²) in [5.41, 5.74) is 1.87. The Balaban J connectivity index is 1.49. The standard InChI is InChI=1S/C23H29FN4O2S/c1-17-7-8-18(2)21(15-17)31(29,30)28-13-9-23(10-14-28)22(25-11-12-27-23)26-16-19-5-3-4-6-20(19)24/h3-8,15,27H,9-14,16H2,1-2H3,(H,25,26). The van der Waals surface area contributed by atoms with E-state index in [1.165, 1.54) is 6.07 Å². The van der Waals surface area contributed by atoms with E-state index in [1.54, 1.807) is 22.5 Å². The predicted octanol–water partition coefficient (Wildman–Crippen LogP) is 2.76. The van der Waals surface area contributed by atoms with Crippen LogP contribution in [-0.4, -0.2) is 50.3 Å². The lowest BCUT2D eigenvalue weighted by Gasteiger charge is -2.44. The van der Waals surface area contributed by atoms with Crippen molar-refractivity contribution in [1.82, 2.24) is 14.9 Å². The highest BCUT2D eigenvalue weighted by molar-refractivity contribution is 7.89. The highest BCUT2D eigenvalue weighted by Crippen LogP contribution is 2.30. The summed E-state index contributed by atoms with van der Waals surface area (Å²) in [4.78, 5) is 5.06. The van der Waals surface area contributed by atoms with Gasteiger partial charge in [0.2, 0.25) is 10.0 Å². The minimum absolute atomic E-state index is 0.247. The Hall–Kier alpha value is -2.29. The summed E-state index contributed by atoms with van der Waals surface area (Å²) in [6.45, 7) is 6.28. The second-order valence-electron chi connectivity index (χ2n) is 8.36. The minimum atomic E-state index is -3.55. The van der Waals surface area contributed by atoms with Gasteiger partial charge in [0.25, 0.3) is 0 Å². The van der Waals surface area contributed by atoms with Crippen LogP contribution in [0.3, 0.4) is 0 Å². The van der Waals surface area contributed by atoms with E-state index in [0.717, 1.165) is 23.5 Å². The van der Waals surface area contributed by atoms with Crippen LogP contribution < -0.4 is 10.6 Å². The molecule has 1 spiro atoms. The van der Waals surface area contributed by atoms with Crippen molar-refractivity contribution in [3.63, 3.8) is 0 Å². The maximum atomic E-state index is 14.0. The number of hydrogen-bond donors (Lipinski definition) is 2. The number of benzene rings is 2. The molecule has 2 N–H and O–H groups in total. The van der Waals surface area contributed by atoms with Gasteiger partial charge < -0.3 is 10.6 Å². The summed E-state index contributed by atoms with van der Waals surface area (Å²) in [6.07, 6.45) is 1.22. The van der Waals surface area contributed by atoms with Crippen molar-refractivity contribution in [2.24, 2.45) is 4.99 Å². The van der Waals surface area contributed by atoms with Gasteiger partial charge >= 0.3 is 0 Å². The molecule has 0 unspecified atom stereocenters. The fraction of sp³-hybridized carbons (Fsp3) is 0.435. The van der Waals surface area contributed by atoms with Crippen LogP contribution in [-0.2, 0) is 16.6 Å². The molecule has 0 saturated carbocycles. The molecular weight excluding hydrogens is 415 g/mol. The highest BCUT2D eigenvalue weighted by Gasteiger charge is 2.43. The average molecular weight is 445 g/mol. The van der Waals surface area contributed by atoms with Gasteiger partial charge in [-0.05, 0) is 49.9 Å². The lowest BCUT2D eigenvalue weighted by atomic mass is 9.85. The number of nitrogens with one attached hydrogen (secondary N) is 2. The number of aryl methyl sites for hydroxylation is 2. The number of halogens is 1. The Morgan fingerprint density at radius 3 is 2.65 bits per heavy atom. The topological polar surface area (TPSA) is 73.8 Å². The SMILES string of the molecule is Cc1ccc(C)c(S(=O)(=O)N2CCC3(CC2)NCCN=C3NCc2ccccc2F)c1. The largest absolute Gasteiger partial charge is 0.368 e.